The highest BCUT2D eigenvalue weighted by Crippen LogP contribution is 2.13. The molecule has 0 unspecified atom stereocenters. The molecule has 2 heterocycles. The first-order valence-corrected chi connectivity index (χ1v) is 8.81. The van der Waals surface area contributed by atoms with E-state index in [4.69, 9.17) is 4.74 Å². The van der Waals surface area contributed by atoms with Gasteiger partial charge < -0.3 is 10.1 Å². The summed E-state index contributed by atoms with van der Waals surface area (Å²) in [4.78, 5) is 18.8. The third kappa shape index (κ3) is 5.09. The molecule has 5 nitrogen and oxygen atoms in total. The van der Waals surface area contributed by atoms with Gasteiger partial charge in [0.1, 0.15) is 10.8 Å². The normalized spacial score (nSPS) is 15.4. The minimum atomic E-state index is -0.297. The summed E-state index contributed by atoms with van der Waals surface area (Å²) in [5.74, 6) is -0.388. The van der Waals surface area contributed by atoms with Crippen LogP contribution >= 0.6 is 11.3 Å². The van der Waals surface area contributed by atoms with E-state index in [1.165, 1.54) is 12.1 Å². The van der Waals surface area contributed by atoms with Crippen molar-refractivity contribution in [2.45, 2.75) is 19.5 Å². The van der Waals surface area contributed by atoms with Crippen molar-refractivity contribution in [2.24, 2.45) is 0 Å². The summed E-state index contributed by atoms with van der Waals surface area (Å²) < 4.78 is 18.2. The number of hydrogen-bond donors (Lipinski definition) is 1. The van der Waals surface area contributed by atoms with E-state index in [2.05, 4.69) is 15.2 Å². The number of benzene rings is 1. The summed E-state index contributed by atoms with van der Waals surface area (Å²) in [6.45, 7) is 4.66. The number of aromatic nitrogens is 1. The smallest absolute Gasteiger partial charge is 0.224 e. The van der Waals surface area contributed by atoms with E-state index in [-0.39, 0.29) is 18.1 Å². The van der Waals surface area contributed by atoms with Gasteiger partial charge in [0, 0.05) is 25.0 Å². The minimum Gasteiger partial charge on any atom is -0.379 e. The molecule has 1 fully saturated rings. The summed E-state index contributed by atoms with van der Waals surface area (Å²) in [6, 6.07) is 5.97. The average molecular weight is 349 g/mol. The molecule has 1 amide bonds. The Balaban J connectivity index is 1.44. The van der Waals surface area contributed by atoms with Crippen LogP contribution in [-0.2, 0) is 29.0 Å². The highest BCUT2D eigenvalue weighted by Gasteiger charge is 2.13. The lowest BCUT2D eigenvalue weighted by atomic mass is 10.1. The van der Waals surface area contributed by atoms with E-state index in [0.717, 1.165) is 49.1 Å². The topological polar surface area (TPSA) is 54.5 Å². The lowest BCUT2D eigenvalue weighted by molar-refractivity contribution is -0.120. The summed E-state index contributed by atoms with van der Waals surface area (Å²) in [5, 5.41) is 5.79. The van der Waals surface area contributed by atoms with Crippen LogP contribution in [0.1, 0.15) is 16.3 Å². The maximum Gasteiger partial charge on any atom is 0.224 e. The fourth-order valence-electron chi connectivity index (χ4n) is 2.52. The Morgan fingerprint density at radius 2 is 2.04 bits per heavy atom. The fourth-order valence-corrected chi connectivity index (χ4v) is 3.24. The third-order valence-corrected chi connectivity index (χ3v) is 4.70. The molecule has 1 saturated heterocycles. The van der Waals surface area contributed by atoms with Crippen LogP contribution in [0.2, 0.25) is 0 Å². The summed E-state index contributed by atoms with van der Waals surface area (Å²) in [6.07, 6.45) is 0.242. The van der Waals surface area contributed by atoms with E-state index in [0.29, 0.717) is 6.54 Å². The number of nitrogens with one attached hydrogen (secondary N) is 1. The third-order valence-electron chi connectivity index (χ3n) is 3.80. The fraction of sp³-hybridized carbons (Fsp3) is 0.412. The molecule has 1 N–H and O–H groups in total. The molecule has 1 aromatic carbocycles. The Morgan fingerprint density at radius 3 is 2.79 bits per heavy atom. The number of carbonyl (C=O) groups is 1. The number of rotatable bonds is 6. The van der Waals surface area contributed by atoms with Crippen LogP contribution in [0.3, 0.4) is 0 Å². The molecule has 24 heavy (non-hydrogen) atoms. The first-order valence-electron chi connectivity index (χ1n) is 7.93. The molecular weight excluding hydrogens is 329 g/mol. The van der Waals surface area contributed by atoms with E-state index in [9.17, 15) is 9.18 Å². The predicted octanol–water partition coefficient (Wildman–Crippen LogP) is 1.97. The largest absolute Gasteiger partial charge is 0.379 e. The molecule has 0 radical (unpaired) electrons. The highest BCUT2D eigenvalue weighted by molar-refractivity contribution is 7.09. The molecule has 0 atom stereocenters. The lowest BCUT2D eigenvalue weighted by Gasteiger charge is -2.25. The Labute approximate surface area is 144 Å². The van der Waals surface area contributed by atoms with Gasteiger partial charge in [-0.05, 0) is 17.7 Å². The first kappa shape index (κ1) is 17.0. The molecule has 1 aliphatic rings. The van der Waals surface area contributed by atoms with Gasteiger partial charge in [-0.15, -0.1) is 11.3 Å². The van der Waals surface area contributed by atoms with E-state index in [1.54, 1.807) is 23.5 Å². The maximum atomic E-state index is 12.8. The Kier molecular flexibility index (Phi) is 5.90. The molecular formula is C17H20FN3O2S. The van der Waals surface area contributed by atoms with Gasteiger partial charge in [0.05, 0.1) is 31.9 Å². The second-order valence-corrected chi connectivity index (χ2v) is 6.64. The van der Waals surface area contributed by atoms with Gasteiger partial charge in [0.2, 0.25) is 5.91 Å². The molecule has 1 aromatic heterocycles. The van der Waals surface area contributed by atoms with Crippen LogP contribution in [0, 0.1) is 5.82 Å². The van der Waals surface area contributed by atoms with Crippen LogP contribution < -0.4 is 5.32 Å². The SMILES string of the molecule is O=C(Cc1ccc(F)cc1)NCc1nc(CN2CCOCC2)cs1. The maximum absolute atomic E-state index is 12.8. The second-order valence-electron chi connectivity index (χ2n) is 5.70. The van der Waals surface area contributed by atoms with Gasteiger partial charge in [-0.2, -0.15) is 0 Å². The molecule has 2 aromatic rings. The lowest BCUT2D eigenvalue weighted by Crippen LogP contribution is -2.35. The number of morpholine rings is 1. The number of hydrogen-bond acceptors (Lipinski definition) is 5. The van der Waals surface area contributed by atoms with Crippen LogP contribution in [0.25, 0.3) is 0 Å². The highest BCUT2D eigenvalue weighted by atomic mass is 32.1. The van der Waals surface area contributed by atoms with Crippen molar-refractivity contribution in [2.75, 3.05) is 26.3 Å². The van der Waals surface area contributed by atoms with Gasteiger partial charge in [0.15, 0.2) is 0 Å². The van der Waals surface area contributed by atoms with Gasteiger partial charge in [-0.3, -0.25) is 9.69 Å². The van der Waals surface area contributed by atoms with Gasteiger partial charge in [-0.25, -0.2) is 9.37 Å². The molecule has 1 aliphatic heterocycles. The molecule has 0 saturated carbocycles. The van der Waals surface area contributed by atoms with Crippen molar-refractivity contribution in [1.29, 1.82) is 0 Å². The van der Waals surface area contributed by atoms with E-state index in [1.807, 2.05) is 5.38 Å². The van der Waals surface area contributed by atoms with Gasteiger partial charge >= 0.3 is 0 Å². The van der Waals surface area contributed by atoms with Gasteiger partial charge in [-0.1, -0.05) is 12.1 Å². The van der Waals surface area contributed by atoms with Crippen molar-refractivity contribution in [3.8, 4) is 0 Å². The van der Waals surface area contributed by atoms with Crippen LogP contribution in [0.4, 0.5) is 4.39 Å². The Bertz CT molecular complexity index is 669. The standard InChI is InChI=1S/C17H20FN3O2S/c18-14-3-1-13(2-4-14)9-16(22)19-10-17-20-15(12-24-17)11-21-5-7-23-8-6-21/h1-4,12H,5-11H2,(H,19,22). The number of carbonyl (C=O) groups excluding carboxylic acids is 1. The van der Waals surface area contributed by atoms with E-state index >= 15 is 0 Å². The Morgan fingerprint density at radius 1 is 1.29 bits per heavy atom. The zero-order valence-electron chi connectivity index (χ0n) is 13.3. The molecule has 0 spiro atoms. The van der Waals surface area contributed by atoms with Crippen molar-refractivity contribution in [3.63, 3.8) is 0 Å². The second kappa shape index (κ2) is 8.32. The minimum absolute atomic E-state index is 0.0912. The first-order chi connectivity index (χ1) is 11.7. The molecule has 7 heteroatoms. The number of nitrogens with zero attached hydrogens (tertiary/aromatic N) is 2. The summed E-state index contributed by atoms with van der Waals surface area (Å²) in [7, 11) is 0. The van der Waals surface area contributed by atoms with Crippen molar-refractivity contribution in [1.82, 2.24) is 15.2 Å². The number of thiazole rings is 1. The number of amides is 1. The van der Waals surface area contributed by atoms with Crippen LogP contribution in [0.15, 0.2) is 29.6 Å². The average Bonchev–Trinajstić information content (AvgIpc) is 3.03. The molecule has 0 aliphatic carbocycles. The Hall–Kier alpha value is -1.83. The van der Waals surface area contributed by atoms with Crippen molar-refractivity contribution in [3.05, 3.63) is 51.7 Å². The van der Waals surface area contributed by atoms with Crippen molar-refractivity contribution < 1.29 is 13.9 Å². The number of halogens is 1. The van der Waals surface area contributed by atoms with Crippen LogP contribution in [-0.4, -0.2) is 42.1 Å². The van der Waals surface area contributed by atoms with Crippen molar-refractivity contribution >= 4 is 17.2 Å². The van der Waals surface area contributed by atoms with Gasteiger partial charge in [0.25, 0.3) is 0 Å². The molecule has 3 rings (SSSR count). The predicted molar refractivity (Wildman–Crippen MR) is 90.2 cm³/mol. The quantitative estimate of drug-likeness (QED) is 0.866. The molecule has 0 bridgehead atoms. The molecule has 128 valence electrons. The van der Waals surface area contributed by atoms with E-state index < -0.39 is 0 Å². The zero-order chi connectivity index (χ0) is 16.8. The number of ether oxygens (including phenoxy) is 1. The van der Waals surface area contributed by atoms with Crippen LogP contribution in [0.5, 0.6) is 0 Å². The summed E-state index contributed by atoms with van der Waals surface area (Å²) in [5.41, 5.74) is 1.82. The zero-order valence-corrected chi connectivity index (χ0v) is 14.2. The summed E-state index contributed by atoms with van der Waals surface area (Å²) >= 11 is 1.56. The monoisotopic (exact) mass is 349 g/mol.